The van der Waals surface area contributed by atoms with Crippen molar-refractivity contribution in [3.63, 3.8) is 0 Å². The molecule has 2 nitrogen and oxygen atoms in total. The maximum atomic E-state index is 12.8. The van der Waals surface area contributed by atoms with Crippen LogP contribution in [0.25, 0.3) is 11.0 Å². The molecule has 0 aliphatic heterocycles. The summed E-state index contributed by atoms with van der Waals surface area (Å²) in [6.07, 6.45) is 1.15. The number of ketones is 1. The van der Waals surface area contributed by atoms with Crippen molar-refractivity contribution in [3.8, 4) is 0 Å². The molecule has 1 heterocycles. The molecule has 2 aromatic carbocycles. The standard InChI is InChI=1S/C19H18O2/c1-3-17-19(15-10-6-7-11-18(15)21-17)16(20)12-14-9-5-4-8-13(14)2/h4-11H,3,12H2,1-2H3. The van der Waals surface area contributed by atoms with E-state index in [2.05, 4.69) is 0 Å². The molecule has 3 aromatic rings. The second-order valence-corrected chi connectivity index (χ2v) is 5.28. The minimum absolute atomic E-state index is 0.131. The fourth-order valence-electron chi connectivity index (χ4n) is 2.72. The second-order valence-electron chi connectivity index (χ2n) is 5.28. The zero-order chi connectivity index (χ0) is 14.8. The molecule has 0 atom stereocenters. The van der Waals surface area contributed by atoms with Crippen molar-refractivity contribution >= 4 is 16.8 Å². The summed E-state index contributed by atoms with van der Waals surface area (Å²) in [5.41, 5.74) is 3.77. The van der Waals surface area contributed by atoms with Gasteiger partial charge in [0, 0.05) is 18.2 Å². The van der Waals surface area contributed by atoms with E-state index in [0.29, 0.717) is 6.42 Å². The highest BCUT2D eigenvalue weighted by molar-refractivity contribution is 6.09. The Morgan fingerprint density at radius 3 is 2.52 bits per heavy atom. The van der Waals surface area contributed by atoms with E-state index in [4.69, 9.17) is 4.42 Å². The van der Waals surface area contributed by atoms with Crippen LogP contribution >= 0.6 is 0 Å². The fourth-order valence-corrected chi connectivity index (χ4v) is 2.72. The summed E-state index contributed by atoms with van der Waals surface area (Å²) >= 11 is 0. The predicted octanol–water partition coefficient (Wildman–Crippen LogP) is 4.73. The molecule has 3 rings (SSSR count). The van der Waals surface area contributed by atoms with Gasteiger partial charge in [-0.05, 0) is 24.1 Å². The molecular formula is C19H18O2. The first-order valence-electron chi connectivity index (χ1n) is 7.28. The largest absolute Gasteiger partial charge is 0.460 e. The number of furan rings is 1. The summed E-state index contributed by atoms with van der Waals surface area (Å²) in [4.78, 5) is 12.8. The number of hydrogen-bond acceptors (Lipinski definition) is 2. The maximum absolute atomic E-state index is 12.8. The highest BCUT2D eigenvalue weighted by Gasteiger charge is 2.19. The van der Waals surface area contributed by atoms with E-state index >= 15 is 0 Å². The number of benzene rings is 2. The van der Waals surface area contributed by atoms with Gasteiger partial charge >= 0.3 is 0 Å². The van der Waals surface area contributed by atoms with Gasteiger partial charge in [-0.3, -0.25) is 4.79 Å². The quantitative estimate of drug-likeness (QED) is 0.646. The molecular weight excluding hydrogens is 260 g/mol. The van der Waals surface area contributed by atoms with Crippen LogP contribution in [0.15, 0.2) is 52.9 Å². The van der Waals surface area contributed by atoms with E-state index in [0.717, 1.165) is 39.8 Å². The first kappa shape index (κ1) is 13.6. The van der Waals surface area contributed by atoms with Crippen molar-refractivity contribution in [1.29, 1.82) is 0 Å². The lowest BCUT2D eigenvalue weighted by molar-refractivity contribution is 0.0992. The Balaban J connectivity index is 2.03. The van der Waals surface area contributed by atoms with Crippen LogP contribution in [0.5, 0.6) is 0 Å². The third-order valence-corrected chi connectivity index (χ3v) is 3.88. The molecule has 106 valence electrons. The van der Waals surface area contributed by atoms with Crippen molar-refractivity contribution in [3.05, 3.63) is 71.0 Å². The minimum Gasteiger partial charge on any atom is -0.460 e. The second kappa shape index (κ2) is 5.57. The monoisotopic (exact) mass is 278 g/mol. The molecule has 0 spiro atoms. The number of rotatable bonds is 4. The van der Waals surface area contributed by atoms with Gasteiger partial charge in [-0.1, -0.05) is 49.4 Å². The number of aryl methyl sites for hydroxylation is 2. The maximum Gasteiger partial charge on any atom is 0.171 e. The molecule has 0 bridgehead atoms. The van der Waals surface area contributed by atoms with Gasteiger partial charge in [-0.2, -0.15) is 0 Å². The Labute approximate surface area is 124 Å². The number of Topliss-reactive ketones (excluding diaryl/α,β-unsaturated/α-hetero) is 1. The summed E-state index contributed by atoms with van der Waals surface area (Å²) in [6, 6.07) is 15.8. The Morgan fingerprint density at radius 2 is 1.76 bits per heavy atom. The van der Waals surface area contributed by atoms with Gasteiger partial charge in [0.05, 0.1) is 5.56 Å². The van der Waals surface area contributed by atoms with Crippen molar-refractivity contribution in [2.45, 2.75) is 26.7 Å². The summed E-state index contributed by atoms with van der Waals surface area (Å²) < 4.78 is 5.82. The normalized spacial score (nSPS) is 11.0. The molecule has 0 unspecified atom stereocenters. The summed E-state index contributed by atoms with van der Waals surface area (Å²) in [5, 5.41) is 0.924. The van der Waals surface area contributed by atoms with Gasteiger partial charge in [-0.25, -0.2) is 0 Å². The Bertz CT molecular complexity index is 796. The van der Waals surface area contributed by atoms with Crippen LogP contribution in [0.1, 0.15) is 34.2 Å². The zero-order valence-corrected chi connectivity index (χ0v) is 12.3. The molecule has 2 heteroatoms. The number of fused-ring (bicyclic) bond motifs is 1. The Morgan fingerprint density at radius 1 is 1.05 bits per heavy atom. The summed E-state index contributed by atoms with van der Waals surface area (Å²) in [5.74, 6) is 0.917. The van der Waals surface area contributed by atoms with E-state index in [9.17, 15) is 4.79 Å². The topological polar surface area (TPSA) is 30.2 Å². The van der Waals surface area contributed by atoms with Gasteiger partial charge < -0.3 is 4.42 Å². The van der Waals surface area contributed by atoms with Crippen LogP contribution in [-0.2, 0) is 12.8 Å². The zero-order valence-electron chi connectivity index (χ0n) is 12.3. The van der Waals surface area contributed by atoms with E-state index < -0.39 is 0 Å². The van der Waals surface area contributed by atoms with E-state index in [1.54, 1.807) is 0 Å². The van der Waals surface area contributed by atoms with Crippen LogP contribution in [0.3, 0.4) is 0 Å². The first-order chi connectivity index (χ1) is 10.2. The molecule has 0 fully saturated rings. The van der Waals surface area contributed by atoms with Crippen LogP contribution in [0.4, 0.5) is 0 Å². The fraction of sp³-hybridized carbons (Fsp3) is 0.211. The van der Waals surface area contributed by atoms with Gasteiger partial charge in [0.15, 0.2) is 5.78 Å². The van der Waals surface area contributed by atoms with Crippen LogP contribution in [-0.4, -0.2) is 5.78 Å². The average Bonchev–Trinajstić information content (AvgIpc) is 2.88. The molecule has 0 radical (unpaired) electrons. The highest BCUT2D eigenvalue weighted by Crippen LogP contribution is 2.27. The highest BCUT2D eigenvalue weighted by atomic mass is 16.3. The van der Waals surface area contributed by atoms with Gasteiger partial charge in [0.2, 0.25) is 0 Å². The average molecular weight is 278 g/mol. The van der Waals surface area contributed by atoms with Gasteiger partial charge in [-0.15, -0.1) is 0 Å². The lowest BCUT2D eigenvalue weighted by Gasteiger charge is -2.05. The molecule has 0 amide bonds. The number of carbonyl (C=O) groups excluding carboxylic acids is 1. The third-order valence-electron chi connectivity index (χ3n) is 3.88. The molecule has 0 N–H and O–H groups in total. The molecule has 0 saturated carbocycles. The molecule has 0 aliphatic rings. The smallest absolute Gasteiger partial charge is 0.171 e. The molecule has 0 aliphatic carbocycles. The summed E-state index contributed by atoms with van der Waals surface area (Å²) in [6.45, 7) is 4.05. The number of carbonyl (C=O) groups is 1. The van der Waals surface area contributed by atoms with Crippen LogP contribution < -0.4 is 0 Å². The van der Waals surface area contributed by atoms with Crippen LogP contribution in [0, 0.1) is 6.92 Å². The SMILES string of the molecule is CCc1oc2ccccc2c1C(=O)Cc1ccccc1C. The Kier molecular flexibility index (Phi) is 3.61. The lowest BCUT2D eigenvalue weighted by Crippen LogP contribution is -2.06. The Hall–Kier alpha value is -2.35. The minimum atomic E-state index is 0.131. The number of para-hydroxylation sites is 1. The van der Waals surface area contributed by atoms with Crippen molar-refractivity contribution in [1.82, 2.24) is 0 Å². The summed E-state index contributed by atoms with van der Waals surface area (Å²) in [7, 11) is 0. The van der Waals surface area contributed by atoms with E-state index in [1.807, 2.05) is 62.4 Å². The van der Waals surface area contributed by atoms with E-state index in [-0.39, 0.29) is 5.78 Å². The molecule has 1 aromatic heterocycles. The van der Waals surface area contributed by atoms with Crippen molar-refractivity contribution in [2.75, 3.05) is 0 Å². The predicted molar refractivity (Wildman–Crippen MR) is 84.8 cm³/mol. The van der Waals surface area contributed by atoms with Crippen molar-refractivity contribution < 1.29 is 9.21 Å². The van der Waals surface area contributed by atoms with Gasteiger partial charge in [0.1, 0.15) is 11.3 Å². The van der Waals surface area contributed by atoms with Crippen molar-refractivity contribution in [2.24, 2.45) is 0 Å². The molecule has 21 heavy (non-hydrogen) atoms. The van der Waals surface area contributed by atoms with E-state index in [1.165, 1.54) is 0 Å². The third kappa shape index (κ3) is 2.49. The first-order valence-corrected chi connectivity index (χ1v) is 7.28. The molecule has 0 saturated heterocycles. The number of hydrogen-bond donors (Lipinski definition) is 0. The lowest BCUT2D eigenvalue weighted by atomic mass is 9.97. The van der Waals surface area contributed by atoms with Gasteiger partial charge in [0.25, 0.3) is 0 Å². The van der Waals surface area contributed by atoms with Crippen LogP contribution in [0.2, 0.25) is 0 Å².